The monoisotopic (exact) mass is 304 g/mol. The number of aryl methyl sites for hydroxylation is 1. The van der Waals surface area contributed by atoms with Crippen molar-refractivity contribution in [3.05, 3.63) is 47.3 Å². The van der Waals surface area contributed by atoms with Gasteiger partial charge in [0.25, 0.3) is 0 Å². The molecule has 110 valence electrons. The molecule has 0 saturated carbocycles. The van der Waals surface area contributed by atoms with Crippen LogP contribution in [-0.4, -0.2) is 25.2 Å². The maximum Gasteiger partial charge on any atom is 0.240 e. The van der Waals surface area contributed by atoms with Crippen molar-refractivity contribution in [2.75, 3.05) is 6.54 Å². The van der Waals surface area contributed by atoms with Crippen molar-refractivity contribution < 1.29 is 8.42 Å². The van der Waals surface area contributed by atoms with Gasteiger partial charge in [0, 0.05) is 23.4 Å². The number of aromatic nitrogens is 2. The molecular weight excluding hydrogens is 288 g/mol. The van der Waals surface area contributed by atoms with Crippen molar-refractivity contribution in [2.45, 2.75) is 18.4 Å². The minimum absolute atomic E-state index is 0.174. The SMILES string of the molecule is Cc1[nH]ncc1CNS(=O)(=O)c1cccc(C#CCN)c1. The van der Waals surface area contributed by atoms with E-state index in [0.717, 1.165) is 11.3 Å². The van der Waals surface area contributed by atoms with Crippen molar-refractivity contribution in [2.24, 2.45) is 5.73 Å². The second-order valence-electron chi connectivity index (χ2n) is 4.38. The molecule has 1 heterocycles. The third-order valence-corrected chi connectivity index (χ3v) is 4.26. The Morgan fingerprint density at radius 2 is 2.24 bits per heavy atom. The lowest BCUT2D eigenvalue weighted by atomic mass is 10.2. The van der Waals surface area contributed by atoms with Crippen LogP contribution in [0.15, 0.2) is 35.4 Å². The maximum absolute atomic E-state index is 12.3. The van der Waals surface area contributed by atoms with Gasteiger partial charge < -0.3 is 5.73 Å². The van der Waals surface area contributed by atoms with Crippen LogP contribution < -0.4 is 10.5 Å². The van der Waals surface area contributed by atoms with Gasteiger partial charge in [-0.3, -0.25) is 5.10 Å². The Bertz CT molecular complexity index is 785. The fourth-order valence-electron chi connectivity index (χ4n) is 1.70. The highest BCUT2D eigenvalue weighted by Crippen LogP contribution is 2.12. The molecule has 6 nitrogen and oxygen atoms in total. The number of rotatable bonds is 4. The van der Waals surface area contributed by atoms with E-state index in [2.05, 4.69) is 26.8 Å². The Kier molecular flexibility index (Phi) is 4.75. The molecule has 0 saturated heterocycles. The summed E-state index contributed by atoms with van der Waals surface area (Å²) in [4.78, 5) is 0.174. The van der Waals surface area contributed by atoms with Gasteiger partial charge in [-0.1, -0.05) is 17.9 Å². The fraction of sp³-hybridized carbons (Fsp3) is 0.214. The largest absolute Gasteiger partial charge is 0.320 e. The van der Waals surface area contributed by atoms with Gasteiger partial charge in [0.1, 0.15) is 0 Å². The smallest absolute Gasteiger partial charge is 0.240 e. The van der Waals surface area contributed by atoms with E-state index < -0.39 is 10.0 Å². The molecule has 7 heteroatoms. The number of sulfonamides is 1. The Balaban J connectivity index is 2.17. The highest BCUT2D eigenvalue weighted by Gasteiger charge is 2.14. The van der Waals surface area contributed by atoms with Crippen LogP contribution in [0.5, 0.6) is 0 Å². The number of nitrogens with two attached hydrogens (primary N) is 1. The second-order valence-corrected chi connectivity index (χ2v) is 6.15. The van der Waals surface area contributed by atoms with Gasteiger partial charge in [-0.15, -0.1) is 0 Å². The molecule has 0 bridgehead atoms. The fourth-order valence-corrected chi connectivity index (χ4v) is 2.76. The first-order valence-electron chi connectivity index (χ1n) is 6.30. The molecule has 0 spiro atoms. The molecule has 0 fully saturated rings. The van der Waals surface area contributed by atoms with Gasteiger partial charge in [0.2, 0.25) is 10.0 Å². The van der Waals surface area contributed by atoms with Crippen molar-refractivity contribution in [3.8, 4) is 11.8 Å². The molecule has 0 aliphatic carbocycles. The Morgan fingerprint density at radius 1 is 1.43 bits per heavy atom. The van der Waals surface area contributed by atoms with E-state index in [1.165, 1.54) is 12.1 Å². The highest BCUT2D eigenvalue weighted by molar-refractivity contribution is 7.89. The number of H-pyrrole nitrogens is 1. The topological polar surface area (TPSA) is 101 Å². The van der Waals surface area contributed by atoms with Gasteiger partial charge in [-0.2, -0.15) is 5.10 Å². The zero-order valence-electron chi connectivity index (χ0n) is 11.6. The molecule has 0 unspecified atom stereocenters. The zero-order valence-corrected chi connectivity index (χ0v) is 12.4. The summed E-state index contributed by atoms with van der Waals surface area (Å²) in [6.07, 6.45) is 1.60. The first-order chi connectivity index (χ1) is 10.0. The number of hydrogen-bond donors (Lipinski definition) is 3. The Morgan fingerprint density at radius 3 is 2.90 bits per heavy atom. The van der Waals surface area contributed by atoms with Crippen LogP contribution >= 0.6 is 0 Å². The van der Waals surface area contributed by atoms with E-state index in [-0.39, 0.29) is 18.0 Å². The number of nitrogens with one attached hydrogen (secondary N) is 2. The number of nitrogens with zero attached hydrogens (tertiary/aromatic N) is 1. The summed E-state index contributed by atoms with van der Waals surface area (Å²) >= 11 is 0. The summed E-state index contributed by atoms with van der Waals surface area (Å²) in [5.41, 5.74) is 7.55. The third kappa shape index (κ3) is 3.92. The molecule has 0 radical (unpaired) electrons. The van der Waals surface area contributed by atoms with E-state index in [0.29, 0.717) is 5.56 Å². The Labute approximate surface area is 123 Å². The van der Waals surface area contributed by atoms with E-state index in [1.54, 1.807) is 18.3 Å². The average molecular weight is 304 g/mol. The van der Waals surface area contributed by atoms with Crippen LogP contribution in [0.4, 0.5) is 0 Å². The van der Waals surface area contributed by atoms with E-state index in [4.69, 9.17) is 5.73 Å². The molecular formula is C14H16N4O2S. The van der Waals surface area contributed by atoms with Crippen LogP contribution in [0.25, 0.3) is 0 Å². The summed E-state index contributed by atoms with van der Waals surface area (Å²) in [7, 11) is -3.59. The first-order valence-corrected chi connectivity index (χ1v) is 7.79. The molecule has 0 atom stereocenters. The standard InChI is InChI=1S/C14H16N4O2S/c1-11-13(9-16-18-11)10-17-21(19,20)14-6-2-4-12(8-14)5-3-7-15/h2,4,6,8-9,17H,7,10,15H2,1H3,(H,16,18). The summed E-state index contributed by atoms with van der Waals surface area (Å²) in [6.45, 7) is 2.25. The Hall–Kier alpha value is -2.14. The third-order valence-electron chi connectivity index (χ3n) is 2.87. The van der Waals surface area contributed by atoms with Crippen LogP contribution in [0, 0.1) is 18.8 Å². The van der Waals surface area contributed by atoms with Crippen molar-refractivity contribution in [1.29, 1.82) is 0 Å². The van der Waals surface area contributed by atoms with E-state index in [9.17, 15) is 8.42 Å². The van der Waals surface area contributed by atoms with Crippen LogP contribution in [0.2, 0.25) is 0 Å². The van der Waals surface area contributed by atoms with Gasteiger partial charge in [0.15, 0.2) is 0 Å². The normalized spacial score (nSPS) is 11.0. The van der Waals surface area contributed by atoms with E-state index in [1.807, 2.05) is 6.92 Å². The average Bonchev–Trinajstić information content (AvgIpc) is 2.89. The molecule has 0 aliphatic heterocycles. The zero-order chi connectivity index (χ0) is 15.3. The lowest BCUT2D eigenvalue weighted by molar-refractivity contribution is 0.581. The number of aromatic amines is 1. The minimum Gasteiger partial charge on any atom is -0.320 e. The van der Waals surface area contributed by atoms with Crippen molar-refractivity contribution in [1.82, 2.24) is 14.9 Å². The molecule has 4 N–H and O–H groups in total. The summed E-state index contributed by atoms with van der Waals surface area (Å²) in [6, 6.07) is 6.44. The lowest BCUT2D eigenvalue weighted by Crippen LogP contribution is -2.23. The number of hydrogen-bond acceptors (Lipinski definition) is 4. The second kappa shape index (κ2) is 6.54. The molecule has 2 aromatic rings. The molecule has 0 aliphatic rings. The van der Waals surface area contributed by atoms with Gasteiger partial charge in [-0.05, 0) is 25.1 Å². The first kappa shape index (κ1) is 15.3. The lowest BCUT2D eigenvalue weighted by Gasteiger charge is -2.06. The number of benzene rings is 1. The minimum atomic E-state index is -3.59. The quantitative estimate of drug-likeness (QED) is 0.716. The van der Waals surface area contributed by atoms with Crippen LogP contribution in [0.3, 0.4) is 0 Å². The van der Waals surface area contributed by atoms with Gasteiger partial charge in [0.05, 0.1) is 17.6 Å². The van der Waals surface area contributed by atoms with Crippen molar-refractivity contribution >= 4 is 10.0 Å². The van der Waals surface area contributed by atoms with Gasteiger partial charge >= 0.3 is 0 Å². The summed E-state index contributed by atoms with van der Waals surface area (Å²) < 4.78 is 27.0. The highest BCUT2D eigenvalue weighted by atomic mass is 32.2. The predicted octanol–water partition coefficient (Wildman–Crippen LogP) is 0.507. The maximum atomic E-state index is 12.3. The molecule has 1 aromatic carbocycles. The molecule has 2 rings (SSSR count). The van der Waals surface area contributed by atoms with Gasteiger partial charge in [-0.25, -0.2) is 13.1 Å². The molecule has 21 heavy (non-hydrogen) atoms. The van der Waals surface area contributed by atoms with E-state index >= 15 is 0 Å². The molecule has 1 aromatic heterocycles. The molecule has 0 amide bonds. The van der Waals surface area contributed by atoms with Crippen LogP contribution in [0.1, 0.15) is 16.8 Å². The summed E-state index contributed by atoms with van der Waals surface area (Å²) in [5, 5.41) is 6.62. The predicted molar refractivity (Wildman–Crippen MR) is 79.7 cm³/mol. The van der Waals surface area contributed by atoms with Crippen LogP contribution in [-0.2, 0) is 16.6 Å². The summed E-state index contributed by atoms with van der Waals surface area (Å²) in [5.74, 6) is 5.51. The van der Waals surface area contributed by atoms with Crippen molar-refractivity contribution in [3.63, 3.8) is 0 Å².